The Kier molecular flexibility index (Phi) is 13.9. The van der Waals surface area contributed by atoms with Gasteiger partial charge in [-0.3, -0.25) is 38.7 Å². The van der Waals surface area contributed by atoms with Gasteiger partial charge in [0.2, 0.25) is 0 Å². The van der Waals surface area contributed by atoms with E-state index in [9.17, 15) is 44.4 Å². The van der Waals surface area contributed by atoms with Crippen molar-refractivity contribution in [3.8, 4) is 0 Å². The average Bonchev–Trinajstić information content (AvgIpc) is 2.90. The molecule has 0 aliphatic heterocycles. The fourth-order valence-corrected chi connectivity index (χ4v) is 4.18. The zero-order valence-electron chi connectivity index (χ0n) is 22.5. The van der Waals surface area contributed by atoms with Crippen LogP contribution in [0.4, 0.5) is 0 Å². The SMILES string of the molecule is O=C(O)CN(CCN(CCN(CC(=O)O)CC(=O)O)[C@@H](Cc1ccccc1)C(=O)OCc1ccccc1)CC(=O)O. The van der Waals surface area contributed by atoms with Crippen molar-refractivity contribution in [2.45, 2.75) is 19.1 Å². The molecule has 0 amide bonds. The van der Waals surface area contributed by atoms with Gasteiger partial charge in [0.05, 0.1) is 26.2 Å². The summed E-state index contributed by atoms with van der Waals surface area (Å²) in [7, 11) is 0. The smallest absolute Gasteiger partial charge is 0.324 e. The Labute approximate surface area is 237 Å². The highest BCUT2D eigenvalue weighted by Gasteiger charge is 2.29. The summed E-state index contributed by atoms with van der Waals surface area (Å²) in [6.07, 6.45) is 0.185. The minimum atomic E-state index is -1.23. The molecule has 0 saturated carbocycles. The number of carbonyl (C=O) groups excluding carboxylic acids is 1. The standard InChI is InChI=1S/C28H35N3O10/c32-24(33)16-29(17-25(34)35)11-13-31(14-12-30(18-26(36)37)19-27(38)39)23(15-21-7-3-1-4-8-21)28(40)41-20-22-9-5-2-6-10-22/h1-10,23H,11-20H2,(H,32,33)(H,34,35)(H,36,37)(H,38,39)/t23-/m0/s1. The fraction of sp³-hybridized carbons (Fsp3) is 0.393. The maximum atomic E-state index is 13.5. The van der Waals surface area contributed by atoms with Gasteiger partial charge in [-0.2, -0.15) is 0 Å². The molecule has 2 aromatic rings. The quantitative estimate of drug-likeness (QED) is 0.161. The van der Waals surface area contributed by atoms with E-state index < -0.39 is 62.1 Å². The van der Waals surface area contributed by atoms with E-state index >= 15 is 0 Å². The van der Waals surface area contributed by atoms with Crippen molar-refractivity contribution >= 4 is 29.8 Å². The van der Waals surface area contributed by atoms with Crippen molar-refractivity contribution in [2.24, 2.45) is 0 Å². The zero-order chi connectivity index (χ0) is 30.2. The first-order valence-corrected chi connectivity index (χ1v) is 12.8. The molecule has 0 bridgehead atoms. The average molecular weight is 574 g/mol. The first-order valence-electron chi connectivity index (χ1n) is 12.8. The van der Waals surface area contributed by atoms with E-state index in [-0.39, 0.29) is 39.2 Å². The molecule has 2 rings (SSSR count). The molecule has 0 heterocycles. The highest BCUT2D eigenvalue weighted by atomic mass is 16.5. The van der Waals surface area contributed by atoms with Gasteiger partial charge in [0.25, 0.3) is 0 Å². The number of carboxylic acid groups (broad SMARTS) is 4. The highest BCUT2D eigenvalue weighted by Crippen LogP contribution is 2.14. The van der Waals surface area contributed by atoms with Crippen LogP contribution in [0.25, 0.3) is 0 Å². The van der Waals surface area contributed by atoms with Crippen molar-refractivity contribution in [2.75, 3.05) is 52.4 Å². The third kappa shape index (κ3) is 13.5. The third-order valence-corrected chi connectivity index (χ3v) is 6.05. The van der Waals surface area contributed by atoms with Crippen LogP contribution in [-0.2, 0) is 41.7 Å². The summed E-state index contributed by atoms with van der Waals surface area (Å²) in [6, 6.07) is 17.1. The molecule has 0 spiro atoms. The number of nitrogens with zero attached hydrogens (tertiary/aromatic N) is 3. The molecule has 222 valence electrons. The van der Waals surface area contributed by atoms with Crippen LogP contribution < -0.4 is 0 Å². The molecule has 0 saturated heterocycles. The van der Waals surface area contributed by atoms with Gasteiger partial charge in [-0.1, -0.05) is 60.7 Å². The van der Waals surface area contributed by atoms with Crippen LogP contribution in [0.2, 0.25) is 0 Å². The van der Waals surface area contributed by atoms with Gasteiger partial charge in [0.15, 0.2) is 0 Å². The molecule has 0 unspecified atom stereocenters. The van der Waals surface area contributed by atoms with Gasteiger partial charge >= 0.3 is 29.8 Å². The van der Waals surface area contributed by atoms with E-state index in [0.717, 1.165) is 11.1 Å². The summed E-state index contributed by atoms with van der Waals surface area (Å²) in [5, 5.41) is 36.9. The predicted molar refractivity (Wildman–Crippen MR) is 145 cm³/mol. The van der Waals surface area contributed by atoms with Crippen LogP contribution in [0.5, 0.6) is 0 Å². The number of hydrogen-bond acceptors (Lipinski definition) is 9. The maximum absolute atomic E-state index is 13.5. The first-order chi connectivity index (χ1) is 19.5. The second-order valence-electron chi connectivity index (χ2n) is 9.33. The first kappa shape index (κ1) is 32.9. The molecule has 13 nitrogen and oxygen atoms in total. The summed E-state index contributed by atoms with van der Waals surface area (Å²) in [4.78, 5) is 62.8. The lowest BCUT2D eigenvalue weighted by Gasteiger charge is -2.33. The van der Waals surface area contributed by atoms with Crippen molar-refractivity contribution in [3.05, 3.63) is 71.8 Å². The number of esters is 1. The van der Waals surface area contributed by atoms with Gasteiger partial charge in [-0.05, 0) is 17.5 Å². The van der Waals surface area contributed by atoms with Crippen LogP contribution in [0.15, 0.2) is 60.7 Å². The van der Waals surface area contributed by atoms with Crippen molar-refractivity contribution in [3.63, 3.8) is 0 Å². The molecule has 0 fully saturated rings. The molecule has 4 N–H and O–H groups in total. The van der Waals surface area contributed by atoms with Crippen LogP contribution in [0.1, 0.15) is 11.1 Å². The summed E-state index contributed by atoms with van der Waals surface area (Å²) in [5.41, 5.74) is 1.55. The van der Waals surface area contributed by atoms with Gasteiger partial charge in [-0.25, -0.2) is 0 Å². The molecular weight excluding hydrogens is 538 g/mol. The topological polar surface area (TPSA) is 185 Å². The number of carboxylic acids is 4. The van der Waals surface area contributed by atoms with E-state index in [2.05, 4.69) is 0 Å². The Morgan fingerprint density at radius 1 is 0.585 bits per heavy atom. The number of ether oxygens (including phenoxy) is 1. The molecular formula is C28H35N3O10. The van der Waals surface area contributed by atoms with E-state index in [0.29, 0.717) is 0 Å². The van der Waals surface area contributed by atoms with E-state index in [1.54, 1.807) is 41.3 Å². The van der Waals surface area contributed by atoms with Crippen molar-refractivity contribution < 1.29 is 49.1 Å². The molecule has 0 aliphatic rings. The Hall–Kier alpha value is -4.33. The molecule has 1 atom stereocenters. The van der Waals surface area contributed by atoms with E-state index in [4.69, 9.17) is 4.74 Å². The Bertz CT molecular complexity index is 1070. The zero-order valence-corrected chi connectivity index (χ0v) is 22.5. The Morgan fingerprint density at radius 3 is 1.37 bits per heavy atom. The predicted octanol–water partition coefficient (Wildman–Crippen LogP) is 0.586. The minimum Gasteiger partial charge on any atom is -0.480 e. The number of hydrogen-bond donors (Lipinski definition) is 4. The summed E-state index contributed by atoms with van der Waals surface area (Å²) >= 11 is 0. The van der Waals surface area contributed by atoms with Crippen LogP contribution in [0.3, 0.4) is 0 Å². The van der Waals surface area contributed by atoms with Gasteiger partial charge in [-0.15, -0.1) is 0 Å². The lowest BCUT2D eigenvalue weighted by atomic mass is 10.0. The largest absolute Gasteiger partial charge is 0.480 e. The second-order valence-corrected chi connectivity index (χ2v) is 9.33. The van der Waals surface area contributed by atoms with E-state index in [1.165, 1.54) is 9.80 Å². The minimum absolute atomic E-state index is 0.00684. The fourth-order valence-electron chi connectivity index (χ4n) is 4.18. The van der Waals surface area contributed by atoms with Crippen molar-refractivity contribution in [1.29, 1.82) is 0 Å². The van der Waals surface area contributed by atoms with Crippen LogP contribution in [-0.4, -0.2) is 123 Å². The summed E-state index contributed by atoms with van der Waals surface area (Å²) < 4.78 is 5.63. The second kappa shape index (κ2) is 17.4. The molecule has 13 heteroatoms. The van der Waals surface area contributed by atoms with Gasteiger partial charge in [0.1, 0.15) is 12.6 Å². The lowest BCUT2D eigenvalue weighted by Crippen LogP contribution is -2.51. The molecule has 2 aromatic carbocycles. The number of aliphatic carboxylic acids is 4. The molecule has 0 aliphatic carbocycles. The number of benzene rings is 2. The van der Waals surface area contributed by atoms with Crippen LogP contribution in [0, 0.1) is 0 Å². The van der Waals surface area contributed by atoms with Crippen molar-refractivity contribution in [1.82, 2.24) is 14.7 Å². The number of rotatable bonds is 20. The normalized spacial score (nSPS) is 11.9. The molecule has 0 radical (unpaired) electrons. The monoisotopic (exact) mass is 573 g/mol. The van der Waals surface area contributed by atoms with Gasteiger partial charge in [0, 0.05) is 26.2 Å². The third-order valence-electron chi connectivity index (χ3n) is 6.05. The number of carbonyl (C=O) groups is 5. The van der Waals surface area contributed by atoms with Gasteiger partial charge < -0.3 is 25.2 Å². The summed E-state index contributed by atoms with van der Waals surface area (Å²) in [6.45, 7) is -2.26. The lowest BCUT2D eigenvalue weighted by molar-refractivity contribution is -0.152. The van der Waals surface area contributed by atoms with E-state index in [1.807, 2.05) is 24.3 Å². The maximum Gasteiger partial charge on any atom is 0.324 e. The molecule has 0 aromatic heterocycles. The highest BCUT2D eigenvalue weighted by molar-refractivity contribution is 5.76. The Morgan fingerprint density at radius 2 is 0.976 bits per heavy atom. The summed E-state index contributed by atoms with van der Waals surface area (Å²) in [5.74, 6) is -5.50. The van der Waals surface area contributed by atoms with Crippen LogP contribution >= 0.6 is 0 Å². The Balaban J connectivity index is 2.35. The molecule has 41 heavy (non-hydrogen) atoms.